The van der Waals surface area contributed by atoms with Gasteiger partial charge in [-0.15, -0.1) is 0 Å². The Kier molecular flexibility index (Phi) is 4.49. The molecule has 1 aromatic heterocycles. The summed E-state index contributed by atoms with van der Waals surface area (Å²) in [5, 5.41) is 3.33. The monoisotopic (exact) mass is 347 g/mol. The van der Waals surface area contributed by atoms with Crippen molar-refractivity contribution in [3.8, 4) is 5.75 Å². The van der Waals surface area contributed by atoms with Gasteiger partial charge in [-0.1, -0.05) is 11.6 Å². The second-order valence-corrected chi connectivity index (χ2v) is 6.08. The maximum Gasteiger partial charge on any atom is 0.272 e. The van der Waals surface area contributed by atoms with Crippen molar-refractivity contribution >= 4 is 34.8 Å². The largest absolute Gasteiger partial charge is 0.495 e. The summed E-state index contributed by atoms with van der Waals surface area (Å²) in [6.07, 6.45) is 3.01. The predicted molar refractivity (Wildman–Crippen MR) is 93.0 cm³/mol. The molecule has 6 nitrogen and oxygen atoms in total. The molecule has 1 saturated heterocycles. The second kappa shape index (κ2) is 6.57. The fourth-order valence-electron chi connectivity index (χ4n) is 2.83. The molecule has 1 fully saturated rings. The third kappa shape index (κ3) is 3.10. The number of benzene rings is 1. The number of nitrogens with zero attached hydrogens (tertiary/aromatic N) is 2. The van der Waals surface area contributed by atoms with Gasteiger partial charge in [0.15, 0.2) is 0 Å². The lowest BCUT2D eigenvalue weighted by Gasteiger charge is -2.20. The van der Waals surface area contributed by atoms with Crippen LogP contribution in [0.15, 0.2) is 30.5 Å². The topological polar surface area (TPSA) is 63.6 Å². The van der Waals surface area contributed by atoms with Crippen molar-refractivity contribution in [2.24, 2.45) is 7.05 Å². The maximum absolute atomic E-state index is 12.4. The molecule has 0 spiro atoms. The van der Waals surface area contributed by atoms with Crippen LogP contribution in [0, 0.1) is 0 Å². The minimum Gasteiger partial charge on any atom is -0.495 e. The van der Waals surface area contributed by atoms with E-state index in [-0.39, 0.29) is 11.8 Å². The van der Waals surface area contributed by atoms with Crippen LogP contribution in [0.25, 0.3) is 0 Å². The first-order chi connectivity index (χ1) is 11.5. The molecule has 2 aromatic rings. The van der Waals surface area contributed by atoms with Crippen molar-refractivity contribution in [2.75, 3.05) is 23.9 Å². The summed E-state index contributed by atoms with van der Waals surface area (Å²) in [4.78, 5) is 26.1. The number of hydrogen-bond donors (Lipinski definition) is 1. The number of hydrogen-bond acceptors (Lipinski definition) is 3. The van der Waals surface area contributed by atoms with Gasteiger partial charge in [0.25, 0.3) is 5.91 Å². The summed E-state index contributed by atoms with van der Waals surface area (Å²) in [5.41, 5.74) is 1.71. The fourth-order valence-corrected chi connectivity index (χ4v) is 3.08. The van der Waals surface area contributed by atoms with E-state index in [0.717, 1.165) is 6.42 Å². The van der Waals surface area contributed by atoms with E-state index in [4.69, 9.17) is 16.3 Å². The quantitative estimate of drug-likeness (QED) is 0.924. The van der Waals surface area contributed by atoms with Crippen LogP contribution in [0.4, 0.5) is 11.4 Å². The molecule has 2 amide bonds. The summed E-state index contributed by atoms with van der Waals surface area (Å²) in [7, 11) is 3.31. The van der Waals surface area contributed by atoms with Gasteiger partial charge >= 0.3 is 0 Å². The molecule has 2 heterocycles. The highest BCUT2D eigenvalue weighted by molar-refractivity contribution is 6.31. The Morgan fingerprint density at radius 1 is 1.33 bits per heavy atom. The van der Waals surface area contributed by atoms with Gasteiger partial charge in [0.05, 0.1) is 17.8 Å². The Balaban J connectivity index is 1.87. The Bertz CT molecular complexity index is 800. The number of aromatic nitrogens is 1. The van der Waals surface area contributed by atoms with Crippen LogP contribution in [0.1, 0.15) is 23.3 Å². The normalized spacial score (nSPS) is 14.1. The van der Waals surface area contributed by atoms with Crippen LogP contribution in [0.3, 0.4) is 0 Å². The van der Waals surface area contributed by atoms with Crippen molar-refractivity contribution in [1.29, 1.82) is 0 Å². The average molecular weight is 348 g/mol. The molecule has 0 atom stereocenters. The van der Waals surface area contributed by atoms with Crippen LogP contribution < -0.4 is 15.0 Å². The number of aryl methyl sites for hydroxylation is 1. The van der Waals surface area contributed by atoms with Gasteiger partial charge < -0.3 is 19.5 Å². The van der Waals surface area contributed by atoms with Crippen LogP contribution in [0.5, 0.6) is 5.75 Å². The number of amides is 2. The molecule has 0 radical (unpaired) electrons. The van der Waals surface area contributed by atoms with Gasteiger partial charge in [-0.3, -0.25) is 9.59 Å². The number of ether oxygens (including phenoxy) is 1. The summed E-state index contributed by atoms with van der Waals surface area (Å²) in [5.74, 6) is 0.393. The Morgan fingerprint density at radius 2 is 2.12 bits per heavy atom. The molecule has 0 unspecified atom stereocenters. The highest BCUT2D eigenvalue weighted by Crippen LogP contribution is 2.34. The first-order valence-corrected chi connectivity index (χ1v) is 7.99. The summed E-state index contributed by atoms with van der Waals surface area (Å²) in [6.45, 7) is 0.653. The van der Waals surface area contributed by atoms with Crippen molar-refractivity contribution in [3.05, 3.63) is 41.2 Å². The number of carbonyl (C=O) groups is 2. The molecule has 0 bridgehead atoms. The molecule has 7 heteroatoms. The standard InChI is InChI=1S/C17H18ClN3O3/c1-20-10-11(18)8-14(20)17(23)19-12-5-6-15(24-2)13(9-12)21-7-3-4-16(21)22/h5-6,8-10H,3-4,7H2,1-2H3,(H,19,23). The van der Waals surface area contributed by atoms with Crippen LogP contribution >= 0.6 is 11.6 Å². The number of nitrogens with one attached hydrogen (secondary N) is 1. The lowest BCUT2D eigenvalue weighted by atomic mass is 10.2. The minimum atomic E-state index is -0.270. The molecule has 24 heavy (non-hydrogen) atoms. The van der Waals surface area contributed by atoms with E-state index in [2.05, 4.69) is 5.32 Å². The van der Waals surface area contributed by atoms with E-state index >= 15 is 0 Å². The van der Waals surface area contributed by atoms with Crippen LogP contribution in [-0.2, 0) is 11.8 Å². The highest BCUT2D eigenvalue weighted by Gasteiger charge is 2.25. The van der Waals surface area contributed by atoms with E-state index in [1.54, 1.807) is 54.1 Å². The molecule has 1 aliphatic rings. The van der Waals surface area contributed by atoms with Crippen molar-refractivity contribution in [2.45, 2.75) is 12.8 Å². The molecule has 1 N–H and O–H groups in total. The lowest BCUT2D eigenvalue weighted by molar-refractivity contribution is -0.117. The highest BCUT2D eigenvalue weighted by atomic mass is 35.5. The third-order valence-corrected chi connectivity index (χ3v) is 4.21. The molecule has 0 aliphatic carbocycles. The van der Waals surface area contributed by atoms with Crippen molar-refractivity contribution in [1.82, 2.24) is 4.57 Å². The summed E-state index contributed by atoms with van der Waals surface area (Å²) in [6, 6.07) is 6.84. The Morgan fingerprint density at radius 3 is 2.71 bits per heavy atom. The number of halogens is 1. The summed E-state index contributed by atoms with van der Waals surface area (Å²) >= 11 is 5.92. The van der Waals surface area contributed by atoms with Gasteiger partial charge in [-0.05, 0) is 30.7 Å². The van der Waals surface area contributed by atoms with Gasteiger partial charge in [-0.25, -0.2) is 0 Å². The van der Waals surface area contributed by atoms with Crippen LogP contribution in [-0.4, -0.2) is 30.0 Å². The minimum absolute atomic E-state index is 0.0611. The summed E-state index contributed by atoms with van der Waals surface area (Å²) < 4.78 is 7.00. The molecule has 0 saturated carbocycles. The fraction of sp³-hybridized carbons (Fsp3) is 0.294. The van der Waals surface area contributed by atoms with Crippen molar-refractivity contribution in [3.63, 3.8) is 0 Å². The first-order valence-electron chi connectivity index (χ1n) is 7.61. The SMILES string of the molecule is COc1ccc(NC(=O)c2cc(Cl)cn2C)cc1N1CCCC1=O. The van der Waals surface area contributed by atoms with Crippen molar-refractivity contribution < 1.29 is 14.3 Å². The maximum atomic E-state index is 12.4. The van der Waals surface area contributed by atoms with E-state index in [9.17, 15) is 9.59 Å². The smallest absolute Gasteiger partial charge is 0.272 e. The van der Waals surface area contributed by atoms with Gasteiger partial charge in [0.1, 0.15) is 11.4 Å². The number of rotatable bonds is 4. The van der Waals surface area contributed by atoms with Gasteiger partial charge in [-0.2, -0.15) is 0 Å². The van der Waals surface area contributed by atoms with Gasteiger partial charge in [0.2, 0.25) is 5.91 Å². The Labute approximate surface area is 145 Å². The van der Waals surface area contributed by atoms with E-state index in [1.807, 2.05) is 0 Å². The van der Waals surface area contributed by atoms with Crippen LogP contribution in [0.2, 0.25) is 5.02 Å². The molecule has 3 rings (SSSR count). The number of methoxy groups -OCH3 is 1. The number of anilines is 2. The molecule has 126 valence electrons. The molecular formula is C17H18ClN3O3. The zero-order chi connectivity index (χ0) is 17.3. The average Bonchev–Trinajstić information content (AvgIpc) is 3.12. The second-order valence-electron chi connectivity index (χ2n) is 5.64. The Hall–Kier alpha value is -2.47. The lowest BCUT2D eigenvalue weighted by Crippen LogP contribution is -2.24. The zero-order valence-electron chi connectivity index (χ0n) is 13.5. The molecule has 1 aliphatic heterocycles. The van der Waals surface area contributed by atoms with E-state index < -0.39 is 0 Å². The number of carbonyl (C=O) groups excluding carboxylic acids is 2. The zero-order valence-corrected chi connectivity index (χ0v) is 14.3. The van der Waals surface area contributed by atoms with E-state index in [1.165, 1.54) is 0 Å². The first kappa shape index (κ1) is 16.4. The third-order valence-electron chi connectivity index (χ3n) is 4.01. The molecular weight excluding hydrogens is 330 g/mol. The van der Waals surface area contributed by atoms with Gasteiger partial charge in [0, 0.05) is 31.9 Å². The predicted octanol–water partition coefficient (Wildman–Crippen LogP) is 3.07. The van der Waals surface area contributed by atoms with E-state index in [0.29, 0.717) is 40.8 Å². The molecule has 1 aromatic carbocycles.